The average molecular weight is 378 g/mol. The summed E-state index contributed by atoms with van der Waals surface area (Å²) in [6.07, 6.45) is 0. The van der Waals surface area contributed by atoms with Crippen molar-refractivity contribution in [1.82, 2.24) is 0 Å². The third-order valence-electron chi connectivity index (χ3n) is 3.60. The zero-order valence-electron chi connectivity index (χ0n) is 14.9. The number of carbonyl (C=O) groups excluding carboxylic acids is 2. The van der Waals surface area contributed by atoms with Crippen LogP contribution >= 0.6 is 12.4 Å². The van der Waals surface area contributed by atoms with Crippen molar-refractivity contribution in [2.24, 2.45) is 5.73 Å². The van der Waals surface area contributed by atoms with Gasteiger partial charge in [-0.25, -0.2) is 4.79 Å². The van der Waals surface area contributed by atoms with E-state index in [0.717, 1.165) is 11.3 Å². The van der Waals surface area contributed by atoms with Crippen LogP contribution in [0, 0.1) is 0 Å². The van der Waals surface area contributed by atoms with E-state index in [1.165, 1.54) is 0 Å². The van der Waals surface area contributed by atoms with Gasteiger partial charge in [0, 0.05) is 18.7 Å². The Morgan fingerprint density at radius 2 is 1.65 bits per heavy atom. The van der Waals surface area contributed by atoms with Crippen molar-refractivity contribution in [2.45, 2.75) is 20.4 Å². The fourth-order valence-electron chi connectivity index (χ4n) is 2.32. The van der Waals surface area contributed by atoms with Gasteiger partial charge in [-0.1, -0.05) is 12.1 Å². The Bertz CT molecular complexity index is 748. The highest BCUT2D eigenvalue weighted by molar-refractivity contribution is 6.06. The lowest BCUT2D eigenvalue weighted by Crippen LogP contribution is -2.15. The van der Waals surface area contributed by atoms with Gasteiger partial charge in [-0.05, 0) is 49.7 Å². The van der Waals surface area contributed by atoms with Crippen LogP contribution in [-0.2, 0) is 11.3 Å². The Morgan fingerprint density at radius 3 is 2.23 bits per heavy atom. The molecule has 4 N–H and O–H groups in total. The van der Waals surface area contributed by atoms with Crippen LogP contribution in [-0.4, -0.2) is 25.0 Å². The molecule has 0 saturated heterocycles. The van der Waals surface area contributed by atoms with Crippen molar-refractivity contribution < 1.29 is 14.3 Å². The molecule has 7 heteroatoms. The number of carbonyl (C=O) groups is 2. The summed E-state index contributed by atoms with van der Waals surface area (Å²) in [5.74, 6) is -0.683. The molecule has 0 atom stereocenters. The predicted octanol–water partition coefficient (Wildman–Crippen LogP) is 3.43. The van der Waals surface area contributed by atoms with E-state index in [4.69, 9.17) is 10.5 Å². The van der Waals surface area contributed by atoms with Crippen molar-refractivity contribution >= 4 is 35.7 Å². The summed E-state index contributed by atoms with van der Waals surface area (Å²) < 4.78 is 5.01. The van der Waals surface area contributed by atoms with E-state index in [9.17, 15) is 9.59 Å². The number of ether oxygens (including phenoxy) is 1. The number of nitrogens with two attached hydrogens (primary N) is 1. The average Bonchev–Trinajstić information content (AvgIpc) is 2.63. The summed E-state index contributed by atoms with van der Waals surface area (Å²) in [6, 6.07) is 12.1. The summed E-state index contributed by atoms with van der Waals surface area (Å²) in [6.45, 7) is 5.11. The summed E-state index contributed by atoms with van der Waals surface area (Å²) in [5.41, 5.74) is 8.69. The molecular weight excluding hydrogens is 354 g/mol. The largest absolute Gasteiger partial charge is 0.462 e. The van der Waals surface area contributed by atoms with E-state index in [0.29, 0.717) is 36.5 Å². The molecule has 0 heterocycles. The number of esters is 1. The molecule has 0 saturated carbocycles. The van der Waals surface area contributed by atoms with Crippen LogP contribution in [0.25, 0.3) is 0 Å². The Kier molecular flexibility index (Phi) is 8.61. The van der Waals surface area contributed by atoms with Gasteiger partial charge in [0.2, 0.25) is 0 Å². The number of anilines is 2. The summed E-state index contributed by atoms with van der Waals surface area (Å²) in [7, 11) is 0. The van der Waals surface area contributed by atoms with Gasteiger partial charge in [-0.3, -0.25) is 4.79 Å². The SMILES string of the molecule is CCNc1ccc(C(=O)OCC)cc1NC(=O)c1ccc(CN)cc1.Cl. The normalized spacial score (nSPS) is 9.81. The predicted molar refractivity (Wildman–Crippen MR) is 106 cm³/mol. The van der Waals surface area contributed by atoms with Crippen molar-refractivity contribution in [1.29, 1.82) is 0 Å². The second-order valence-corrected chi connectivity index (χ2v) is 5.37. The van der Waals surface area contributed by atoms with Gasteiger partial charge >= 0.3 is 5.97 Å². The molecule has 0 aromatic heterocycles. The molecule has 6 nitrogen and oxygen atoms in total. The van der Waals surface area contributed by atoms with Gasteiger partial charge in [0.15, 0.2) is 0 Å². The lowest BCUT2D eigenvalue weighted by Gasteiger charge is -2.14. The van der Waals surface area contributed by atoms with E-state index in [1.54, 1.807) is 37.3 Å². The zero-order valence-corrected chi connectivity index (χ0v) is 15.7. The van der Waals surface area contributed by atoms with Crippen LogP contribution in [0.3, 0.4) is 0 Å². The molecule has 0 bridgehead atoms. The number of rotatable bonds is 7. The molecule has 2 rings (SSSR count). The number of amides is 1. The number of hydrogen-bond donors (Lipinski definition) is 3. The number of hydrogen-bond acceptors (Lipinski definition) is 5. The van der Waals surface area contributed by atoms with Gasteiger partial charge in [0.25, 0.3) is 5.91 Å². The molecule has 140 valence electrons. The molecule has 0 aliphatic heterocycles. The zero-order chi connectivity index (χ0) is 18.2. The lowest BCUT2D eigenvalue weighted by molar-refractivity contribution is 0.0526. The molecule has 0 unspecified atom stereocenters. The van der Waals surface area contributed by atoms with E-state index >= 15 is 0 Å². The monoisotopic (exact) mass is 377 g/mol. The molecule has 1 amide bonds. The number of nitrogens with one attached hydrogen (secondary N) is 2. The molecule has 0 aliphatic carbocycles. The molecule has 0 fully saturated rings. The first-order valence-electron chi connectivity index (χ1n) is 8.24. The Labute approximate surface area is 159 Å². The van der Waals surface area contributed by atoms with Gasteiger partial charge in [-0.2, -0.15) is 0 Å². The van der Waals surface area contributed by atoms with Crippen LogP contribution in [0.1, 0.15) is 40.1 Å². The standard InChI is InChI=1S/C19H23N3O3.ClH/c1-3-21-16-10-9-15(19(24)25-4-2)11-17(16)22-18(23)14-7-5-13(12-20)6-8-14;/h5-11,21H,3-4,12,20H2,1-2H3,(H,22,23);1H. The smallest absolute Gasteiger partial charge is 0.338 e. The Morgan fingerprint density at radius 1 is 1.00 bits per heavy atom. The van der Waals surface area contributed by atoms with Crippen molar-refractivity contribution in [3.05, 3.63) is 59.2 Å². The third-order valence-corrected chi connectivity index (χ3v) is 3.60. The molecule has 0 radical (unpaired) electrons. The van der Waals surface area contributed by atoms with Crippen LogP contribution in [0.2, 0.25) is 0 Å². The molecule has 0 aliphatic rings. The molecular formula is C19H24ClN3O3. The van der Waals surface area contributed by atoms with Crippen LogP contribution in [0.5, 0.6) is 0 Å². The third kappa shape index (κ3) is 5.47. The molecule has 2 aromatic rings. The Hall–Kier alpha value is -2.57. The van der Waals surface area contributed by atoms with E-state index in [2.05, 4.69) is 10.6 Å². The van der Waals surface area contributed by atoms with Crippen molar-refractivity contribution in [3.8, 4) is 0 Å². The highest BCUT2D eigenvalue weighted by Gasteiger charge is 2.13. The van der Waals surface area contributed by atoms with Crippen LogP contribution < -0.4 is 16.4 Å². The second kappa shape index (κ2) is 10.4. The molecule has 26 heavy (non-hydrogen) atoms. The van der Waals surface area contributed by atoms with E-state index in [1.807, 2.05) is 19.1 Å². The van der Waals surface area contributed by atoms with Crippen LogP contribution in [0.4, 0.5) is 11.4 Å². The first kappa shape index (κ1) is 21.5. The van der Waals surface area contributed by atoms with Gasteiger partial charge < -0.3 is 21.1 Å². The topological polar surface area (TPSA) is 93.5 Å². The summed E-state index contributed by atoms with van der Waals surface area (Å²) in [4.78, 5) is 24.4. The Balaban J connectivity index is 0.00000338. The fourth-order valence-corrected chi connectivity index (χ4v) is 2.32. The fraction of sp³-hybridized carbons (Fsp3) is 0.263. The van der Waals surface area contributed by atoms with Gasteiger partial charge in [0.05, 0.1) is 23.5 Å². The number of benzene rings is 2. The first-order valence-corrected chi connectivity index (χ1v) is 8.24. The maximum atomic E-state index is 12.5. The molecule has 0 spiro atoms. The maximum Gasteiger partial charge on any atom is 0.338 e. The highest BCUT2D eigenvalue weighted by atomic mass is 35.5. The minimum absolute atomic E-state index is 0. The quantitative estimate of drug-likeness (QED) is 0.643. The molecule has 2 aromatic carbocycles. The highest BCUT2D eigenvalue weighted by Crippen LogP contribution is 2.24. The van der Waals surface area contributed by atoms with Gasteiger partial charge in [-0.15, -0.1) is 12.4 Å². The van der Waals surface area contributed by atoms with Crippen LogP contribution in [0.15, 0.2) is 42.5 Å². The van der Waals surface area contributed by atoms with E-state index < -0.39 is 5.97 Å². The number of halogens is 1. The lowest BCUT2D eigenvalue weighted by atomic mass is 10.1. The second-order valence-electron chi connectivity index (χ2n) is 5.37. The van der Waals surface area contributed by atoms with Crippen molar-refractivity contribution in [3.63, 3.8) is 0 Å². The minimum atomic E-state index is -0.423. The summed E-state index contributed by atoms with van der Waals surface area (Å²) in [5, 5.41) is 6.01. The maximum absolute atomic E-state index is 12.5. The van der Waals surface area contributed by atoms with E-state index in [-0.39, 0.29) is 18.3 Å². The summed E-state index contributed by atoms with van der Waals surface area (Å²) >= 11 is 0. The minimum Gasteiger partial charge on any atom is -0.462 e. The van der Waals surface area contributed by atoms with Crippen molar-refractivity contribution in [2.75, 3.05) is 23.8 Å². The first-order chi connectivity index (χ1) is 12.1. The van der Waals surface area contributed by atoms with Gasteiger partial charge in [0.1, 0.15) is 0 Å².